The van der Waals surface area contributed by atoms with E-state index in [0.29, 0.717) is 30.5 Å². The number of hydrogen-bond donors (Lipinski definition) is 0. The molecule has 3 aromatic rings. The minimum absolute atomic E-state index is 0.0862. The second-order valence-electron chi connectivity index (χ2n) is 6.46. The molecule has 0 N–H and O–H groups in total. The Hall–Kier alpha value is -2.47. The lowest BCUT2D eigenvalue weighted by atomic mass is 10.3. The summed E-state index contributed by atoms with van der Waals surface area (Å²) in [6.45, 7) is 1.38. The summed E-state index contributed by atoms with van der Waals surface area (Å²) in [6, 6.07) is 8.42. The number of thiophene rings is 1. The molecular weight excluding hydrogens is 418 g/mol. The molecule has 0 aliphatic carbocycles. The molecular formula is C18H17N3O6S2. The minimum atomic E-state index is -3.74. The summed E-state index contributed by atoms with van der Waals surface area (Å²) in [4.78, 5) is 5.39. The summed E-state index contributed by atoms with van der Waals surface area (Å²) in [7, 11) is -3.74. The Kier molecular flexibility index (Phi) is 4.74. The molecule has 11 heteroatoms. The molecule has 1 aromatic carbocycles. The van der Waals surface area contributed by atoms with Crippen molar-refractivity contribution in [1.29, 1.82) is 0 Å². The maximum atomic E-state index is 13.2. The lowest BCUT2D eigenvalue weighted by molar-refractivity contribution is -0.0199. The molecule has 1 saturated heterocycles. The fourth-order valence-electron chi connectivity index (χ4n) is 3.20. The quantitative estimate of drug-likeness (QED) is 0.615. The Balaban J connectivity index is 1.37. The zero-order valence-electron chi connectivity index (χ0n) is 15.2. The van der Waals surface area contributed by atoms with Gasteiger partial charge < -0.3 is 18.7 Å². The fraction of sp³-hybridized carbons (Fsp3) is 0.333. The molecule has 1 atom stereocenters. The summed E-state index contributed by atoms with van der Waals surface area (Å²) in [5.41, 5.74) is 0. The van der Waals surface area contributed by atoms with Gasteiger partial charge in [-0.25, -0.2) is 8.42 Å². The van der Waals surface area contributed by atoms with Crippen LogP contribution in [0.1, 0.15) is 12.0 Å². The van der Waals surface area contributed by atoms with Crippen molar-refractivity contribution >= 4 is 21.4 Å². The van der Waals surface area contributed by atoms with Crippen LogP contribution in [0.3, 0.4) is 0 Å². The summed E-state index contributed by atoms with van der Waals surface area (Å²) >= 11 is 1.50. The zero-order chi connectivity index (χ0) is 19.8. The van der Waals surface area contributed by atoms with E-state index in [9.17, 15) is 8.42 Å². The van der Waals surface area contributed by atoms with Crippen molar-refractivity contribution in [2.24, 2.45) is 0 Å². The molecule has 2 aliphatic rings. The highest BCUT2D eigenvalue weighted by Gasteiger charge is 2.35. The Morgan fingerprint density at radius 2 is 1.97 bits per heavy atom. The van der Waals surface area contributed by atoms with E-state index in [2.05, 4.69) is 10.1 Å². The van der Waals surface area contributed by atoms with Gasteiger partial charge in [-0.3, -0.25) is 0 Å². The maximum absolute atomic E-state index is 13.2. The predicted molar refractivity (Wildman–Crippen MR) is 102 cm³/mol. The summed E-state index contributed by atoms with van der Waals surface area (Å²) < 4.78 is 49.7. The number of aromatic nitrogens is 2. The van der Waals surface area contributed by atoms with Gasteiger partial charge in [0.2, 0.25) is 15.8 Å². The van der Waals surface area contributed by atoms with Gasteiger partial charge in [0.25, 0.3) is 5.89 Å². The van der Waals surface area contributed by atoms with E-state index in [1.807, 2.05) is 17.5 Å². The molecule has 5 rings (SSSR count). The highest BCUT2D eigenvalue weighted by atomic mass is 32.2. The lowest BCUT2D eigenvalue weighted by Gasteiger charge is -2.30. The van der Waals surface area contributed by atoms with Gasteiger partial charge >= 0.3 is 0 Å². The average molecular weight is 435 g/mol. The maximum Gasteiger partial charge on any atom is 0.257 e. The highest BCUT2D eigenvalue weighted by Crippen LogP contribution is 2.34. The number of nitrogens with zero attached hydrogens (tertiary/aromatic N) is 3. The Labute approximate surface area is 170 Å². The zero-order valence-corrected chi connectivity index (χ0v) is 16.8. The van der Waals surface area contributed by atoms with Gasteiger partial charge in [-0.2, -0.15) is 9.29 Å². The lowest BCUT2D eigenvalue weighted by Crippen LogP contribution is -2.42. The largest absolute Gasteiger partial charge is 0.486 e. The van der Waals surface area contributed by atoms with Crippen molar-refractivity contribution in [3.05, 3.63) is 41.6 Å². The van der Waals surface area contributed by atoms with Gasteiger partial charge in [0.1, 0.15) is 13.2 Å². The molecule has 29 heavy (non-hydrogen) atoms. The highest BCUT2D eigenvalue weighted by molar-refractivity contribution is 7.89. The molecule has 1 fully saturated rings. The van der Waals surface area contributed by atoms with E-state index in [0.717, 1.165) is 4.88 Å². The standard InChI is InChI=1S/C18H17N3O6S2/c22-29(23,12-3-4-13-14(10-12)26-8-7-25-13)21-5-6-24-15(11-21)18-19-17(20-27-18)16-2-1-9-28-16/h1-4,9-10,15H,5-8,11H2. The first kappa shape index (κ1) is 18.6. The fourth-order valence-corrected chi connectivity index (χ4v) is 5.29. The van der Waals surface area contributed by atoms with Crippen LogP contribution in [0.5, 0.6) is 11.5 Å². The van der Waals surface area contributed by atoms with Crippen LogP contribution in [0, 0.1) is 0 Å². The van der Waals surface area contributed by atoms with Crippen LogP contribution in [0.2, 0.25) is 0 Å². The van der Waals surface area contributed by atoms with Crippen molar-refractivity contribution < 1.29 is 27.2 Å². The van der Waals surface area contributed by atoms with Gasteiger partial charge in [-0.1, -0.05) is 11.2 Å². The second kappa shape index (κ2) is 7.41. The normalized spacial score (nSPS) is 19.9. The number of morpholine rings is 1. The van der Waals surface area contributed by atoms with Crippen molar-refractivity contribution in [2.75, 3.05) is 32.9 Å². The first-order valence-electron chi connectivity index (χ1n) is 9.00. The van der Waals surface area contributed by atoms with Gasteiger partial charge in [0.15, 0.2) is 17.6 Å². The Morgan fingerprint density at radius 3 is 2.79 bits per heavy atom. The van der Waals surface area contributed by atoms with Crippen LogP contribution in [-0.4, -0.2) is 55.8 Å². The molecule has 0 bridgehead atoms. The van der Waals surface area contributed by atoms with E-state index in [1.165, 1.54) is 27.8 Å². The monoisotopic (exact) mass is 435 g/mol. The number of ether oxygens (including phenoxy) is 3. The van der Waals surface area contributed by atoms with Crippen molar-refractivity contribution in [2.45, 2.75) is 11.0 Å². The molecule has 2 aliphatic heterocycles. The third-order valence-corrected chi connectivity index (χ3v) is 7.37. The van der Waals surface area contributed by atoms with Crippen LogP contribution in [-0.2, 0) is 14.8 Å². The minimum Gasteiger partial charge on any atom is -0.486 e. The van der Waals surface area contributed by atoms with Crippen LogP contribution in [0.15, 0.2) is 45.1 Å². The van der Waals surface area contributed by atoms with Crippen LogP contribution in [0.25, 0.3) is 10.7 Å². The smallest absolute Gasteiger partial charge is 0.257 e. The molecule has 1 unspecified atom stereocenters. The molecule has 0 radical (unpaired) electrons. The molecule has 9 nitrogen and oxygen atoms in total. The van der Waals surface area contributed by atoms with Crippen molar-refractivity contribution in [1.82, 2.24) is 14.4 Å². The third-order valence-electron chi connectivity index (χ3n) is 4.64. The van der Waals surface area contributed by atoms with E-state index in [1.54, 1.807) is 6.07 Å². The summed E-state index contributed by atoms with van der Waals surface area (Å²) in [6.07, 6.45) is -0.628. The van der Waals surface area contributed by atoms with E-state index in [4.69, 9.17) is 18.7 Å². The summed E-state index contributed by atoms with van der Waals surface area (Å²) in [5.74, 6) is 1.70. The summed E-state index contributed by atoms with van der Waals surface area (Å²) in [5, 5.41) is 5.89. The first-order chi connectivity index (χ1) is 14.1. The topological polar surface area (TPSA) is 104 Å². The van der Waals surface area contributed by atoms with Gasteiger partial charge in [0, 0.05) is 19.2 Å². The molecule has 2 aromatic heterocycles. The van der Waals surface area contributed by atoms with Gasteiger partial charge in [0.05, 0.1) is 16.4 Å². The molecule has 0 amide bonds. The van der Waals surface area contributed by atoms with E-state index in [-0.39, 0.29) is 30.5 Å². The van der Waals surface area contributed by atoms with Gasteiger partial charge in [-0.15, -0.1) is 11.3 Å². The molecule has 0 spiro atoms. The third kappa shape index (κ3) is 3.50. The number of sulfonamides is 1. The van der Waals surface area contributed by atoms with E-state index < -0.39 is 16.1 Å². The second-order valence-corrected chi connectivity index (χ2v) is 9.35. The van der Waals surface area contributed by atoms with Gasteiger partial charge in [-0.05, 0) is 23.6 Å². The number of benzene rings is 1. The number of hydrogen-bond acceptors (Lipinski definition) is 9. The Bertz CT molecular complexity index is 1110. The predicted octanol–water partition coefficient (Wildman–Crippen LogP) is 2.33. The number of fused-ring (bicyclic) bond motifs is 1. The average Bonchev–Trinajstić information content (AvgIpc) is 3.45. The Morgan fingerprint density at radius 1 is 1.10 bits per heavy atom. The van der Waals surface area contributed by atoms with Crippen LogP contribution >= 0.6 is 11.3 Å². The number of rotatable bonds is 4. The molecule has 0 saturated carbocycles. The molecule has 4 heterocycles. The van der Waals surface area contributed by atoms with Crippen molar-refractivity contribution in [3.63, 3.8) is 0 Å². The van der Waals surface area contributed by atoms with Crippen LogP contribution < -0.4 is 9.47 Å². The van der Waals surface area contributed by atoms with Crippen molar-refractivity contribution in [3.8, 4) is 22.2 Å². The SMILES string of the molecule is O=S(=O)(c1ccc2c(c1)OCCO2)N1CCOC(c2nc(-c3cccs3)no2)C1. The first-order valence-corrected chi connectivity index (χ1v) is 11.3. The molecule has 152 valence electrons. The van der Waals surface area contributed by atoms with E-state index >= 15 is 0 Å². The van der Waals surface area contributed by atoms with Crippen LogP contribution in [0.4, 0.5) is 0 Å².